The van der Waals surface area contributed by atoms with Gasteiger partial charge < -0.3 is 15.0 Å². The highest BCUT2D eigenvalue weighted by atomic mass is 16.5. The summed E-state index contributed by atoms with van der Waals surface area (Å²) < 4.78 is 5.57. The molecule has 1 unspecified atom stereocenters. The highest BCUT2D eigenvalue weighted by Crippen LogP contribution is 2.13. The zero-order valence-electron chi connectivity index (χ0n) is 14.5. The quantitative estimate of drug-likeness (QED) is 0.705. The van der Waals surface area contributed by atoms with Crippen molar-refractivity contribution in [3.05, 3.63) is 35.9 Å². The van der Waals surface area contributed by atoms with E-state index >= 15 is 0 Å². The summed E-state index contributed by atoms with van der Waals surface area (Å²) in [7, 11) is 0. The van der Waals surface area contributed by atoms with Crippen LogP contribution in [-0.2, 0) is 20.7 Å². The lowest BCUT2D eigenvalue weighted by Crippen LogP contribution is -2.38. The van der Waals surface area contributed by atoms with Gasteiger partial charge in [0.05, 0.1) is 6.10 Å². The van der Waals surface area contributed by atoms with Gasteiger partial charge in [-0.1, -0.05) is 30.3 Å². The molecule has 2 amide bonds. The second-order valence-corrected chi connectivity index (χ2v) is 6.29. The normalized spacial score (nSPS) is 16.8. The molecule has 132 valence electrons. The summed E-state index contributed by atoms with van der Waals surface area (Å²) in [6.07, 6.45) is 4.40. The Morgan fingerprint density at radius 1 is 1.29 bits per heavy atom. The van der Waals surface area contributed by atoms with Gasteiger partial charge in [0.15, 0.2) is 0 Å². The van der Waals surface area contributed by atoms with Gasteiger partial charge in [-0.05, 0) is 31.2 Å². The molecule has 1 saturated heterocycles. The van der Waals surface area contributed by atoms with Crippen LogP contribution in [0.25, 0.3) is 0 Å². The lowest BCUT2D eigenvalue weighted by molar-refractivity contribution is -0.131. The third-order valence-corrected chi connectivity index (χ3v) is 4.31. The summed E-state index contributed by atoms with van der Waals surface area (Å²) in [5, 5.41) is 2.93. The third kappa shape index (κ3) is 6.71. The molecule has 2 rings (SSSR count). The first kappa shape index (κ1) is 18.5. The van der Waals surface area contributed by atoms with Gasteiger partial charge in [0.25, 0.3) is 0 Å². The molecule has 1 aliphatic rings. The molecule has 5 nitrogen and oxygen atoms in total. The Kier molecular flexibility index (Phi) is 7.75. The number of hydrogen-bond acceptors (Lipinski definition) is 3. The van der Waals surface area contributed by atoms with Crippen molar-refractivity contribution in [2.24, 2.45) is 0 Å². The number of carbonyl (C=O) groups is 2. The number of hydrogen-bond donors (Lipinski definition) is 1. The van der Waals surface area contributed by atoms with Crippen molar-refractivity contribution in [2.45, 2.75) is 45.1 Å². The van der Waals surface area contributed by atoms with Crippen molar-refractivity contribution in [1.29, 1.82) is 0 Å². The molecule has 1 atom stereocenters. The lowest BCUT2D eigenvalue weighted by Gasteiger charge is -2.23. The average Bonchev–Trinajstić information content (AvgIpc) is 3.09. The minimum Gasteiger partial charge on any atom is -0.376 e. The van der Waals surface area contributed by atoms with Gasteiger partial charge in [-0.3, -0.25) is 9.59 Å². The molecule has 1 aromatic rings. The fourth-order valence-corrected chi connectivity index (χ4v) is 2.90. The number of rotatable bonds is 9. The average molecular weight is 332 g/mol. The molecule has 0 aliphatic carbocycles. The van der Waals surface area contributed by atoms with Crippen molar-refractivity contribution in [2.75, 3.05) is 26.2 Å². The van der Waals surface area contributed by atoms with Crippen LogP contribution in [0.15, 0.2) is 30.3 Å². The van der Waals surface area contributed by atoms with Crippen molar-refractivity contribution >= 4 is 11.8 Å². The molecule has 0 spiro atoms. The Morgan fingerprint density at radius 3 is 2.75 bits per heavy atom. The van der Waals surface area contributed by atoms with Gasteiger partial charge >= 0.3 is 0 Å². The van der Waals surface area contributed by atoms with E-state index in [0.29, 0.717) is 26.1 Å². The van der Waals surface area contributed by atoms with E-state index < -0.39 is 0 Å². The monoisotopic (exact) mass is 332 g/mol. The maximum absolute atomic E-state index is 11.9. The maximum Gasteiger partial charge on any atom is 0.221 e. The van der Waals surface area contributed by atoms with Crippen LogP contribution >= 0.6 is 0 Å². The van der Waals surface area contributed by atoms with Gasteiger partial charge in [-0.25, -0.2) is 0 Å². The minimum absolute atomic E-state index is 0.00153. The lowest BCUT2D eigenvalue weighted by atomic mass is 10.1. The molecule has 1 N–H and O–H groups in total. The summed E-state index contributed by atoms with van der Waals surface area (Å²) in [5.74, 6) is 0.00373. The minimum atomic E-state index is 0.00153. The molecule has 0 aromatic heterocycles. The fraction of sp³-hybridized carbons (Fsp3) is 0.579. The van der Waals surface area contributed by atoms with Crippen LogP contribution in [0.2, 0.25) is 0 Å². The molecule has 1 fully saturated rings. The first-order chi connectivity index (χ1) is 11.6. The van der Waals surface area contributed by atoms with Crippen molar-refractivity contribution in [1.82, 2.24) is 10.2 Å². The van der Waals surface area contributed by atoms with E-state index in [1.54, 1.807) is 11.8 Å². The molecular formula is C19H28N2O3. The zero-order valence-corrected chi connectivity index (χ0v) is 14.5. The molecule has 0 bridgehead atoms. The van der Waals surface area contributed by atoms with Crippen LogP contribution in [0, 0.1) is 0 Å². The first-order valence-corrected chi connectivity index (χ1v) is 8.83. The summed E-state index contributed by atoms with van der Waals surface area (Å²) in [5.41, 5.74) is 1.28. The fourth-order valence-electron chi connectivity index (χ4n) is 2.90. The van der Waals surface area contributed by atoms with Gasteiger partial charge in [0.2, 0.25) is 11.8 Å². The molecule has 1 aliphatic heterocycles. The molecule has 0 saturated carbocycles. The van der Waals surface area contributed by atoms with E-state index in [-0.39, 0.29) is 17.9 Å². The number of amides is 2. The van der Waals surface area contributed by atoms with Crippen LogP contribution in [0.3, 0.4) is 0 Å². The zero-order chi connectivity index (χ0) is 17.2. The smallest absolute Gasteiger partial charge is 0.221 e. The summed E-state index contributed by atoms with van der Waals surface area (Å²) in [4.78, 5) is 25.4. The Morgan fingerprint density at radius 2 is 2.08 bits per heavy atom. The van der Waals surface area contributed by atoms with E-state index in [1.165, 1.54) is 5.56 Å². The maximum atomic E-state index is 11.9. The number of ether oxygens (including phenoxy) is 1. The van der Waals surface area contributed by atoms with E-state index in [1.807, 2.05) is 18.2 Å². The topological polar surface area (TPSA) is 58.6 Å². The Bertz CT molecular complexity index is 513. The number of carbonyl (C=O) groups excluding carboxylic acids is 2. The predicted molar refractivity (Wildman–Crippen MR) is 93.6 cm³/mol. The largest absolute Gasteiger partial charge is 0.376 e. The molecule has 24 heavy (non-hydrogen) atoms. The Hall–Kier alpha value is -1.88. The third-order valence-electron chi connectivity index (χ3n) is 4.31. The second-order valence-electron chi connectivity index (χ2n) is 6.29. The summed E-state index contributed by atoms with van der Waals surface area (Å²) >= 11 is 0. The highest BCUT2D eigenvalue weighted by Gasteiger charge is 2.21. The van der Waals surface area contributed by atoms with E-state index in [4.69, 9.17) is 4.74 Å². The van der Waals surface area contributed by atoms with Crippen LogP contribution in [0.5, 0.6) is 0 Å². The molecule has 1 heterocycles. The highest BCUT2D eigenvalue weighted by molar-refractivity contribution is 5.78. The van der Waals surface area contributed by atoms with E-state index in [0.717, 1.165) is 32.3 Å². The number of nitrogens with one attached hydrogen (secondary N) is 1. The van der Waals surface area contributed by atoms with Gasteiger partial charge in [0, 0.05) is 39.6 Å². The van der Waals surface area contributed by atoms with E-state index in [9.17, 15) is 9.59 Å². The number of aryl methyl sites for hydroxylation is 1. The summed E-state index contributed by atoms with van der Waals surface area (Å²) in [6.45, 7) is 4.04. The van der Waals surface area contributed by atoms with Crippen LogP contribution in [-0.4, -0.2) is 49.1 Å². The molecule has 0 radical (unpaired) electrons. The first-order valence-electron chi connectivity index (χ1n) is 8.83. The molecular weight excluding hydrogens is 304 g/mol. The van der Waals surface area contributed by atoms with Gasteiger partial charge in [-0.15, -0.1) is 0 Å². The summed E-state index contributed by atoms with van der Waals surface area (Å²) in [6, 6.07) is 10.2. The van der Waals surface area contributed by atoms with Crippen LogP contribution in [0.1, 0.15) is 38.2 Å². The second kappa shape index (κ2) is 10.1. The Labute approximate surface area is 144 Å². The molecule has 5 heteroatoms. The van der Waals surface area contributed by atoms with Crippen molar-refractivity contribution < 1.29 is 14.3 Å². The molecule has 1 aromatic carbocycles. The van der Waals surface area contributed by atoms with Crippen molar-refractivity contribution in [3.8, 4) is 0 Å². The SMILES string of the molecule is CC(=O)N(CCC(=O)NCCCc1ccccc1)CC1CCCO1. The number of nitrogens with zero attached hydrogens (tertiary/aromatic N) is 1. The number of benzene rings is 1. The predicted octanol–water partition coefficient (Wildman–Crippen LogP) is 2.15. The van der Waals surface area contributed by atoms with Crippen LogP contribution < -0.4 is 5.32 Å². The van der Waals surface area contributed by atoms with Gasteiger partial charge in [0.1, 0.15) is 0 Å². The van der Waals surface area contributed by atoms with Crippen LogP contribution in [0.4, 0.5) is 0 Å². The van der Waals surface area contributed by atoms with Gasteiger partial charge in [-0.2, -0.15) is 0 Å². The standard InChI is InChI=1S/C19H28N2O3/c1-16(22)21(15-18-10-6-14-24-18)13-11-19(23)20-12-5-9-17-7-3-2-4-8-17/h2-4,7-8,18H,5-6,9-15H2,1H3,(H,20,23). The Balaban J connectivity index is 1.60. The van der Waals surface area contributed by atoms with Crippen molar-refractivity contribution in [3.63, 3.8) is 0 Å². The van der Waals surface area contributed by atoms with E-state index in [2.05, 4.69) is 17.4 Å².